The molecule has 1 aromatic carbocycles. The van der Waals surface area contributed by atoms with Crippen molar-refractivity contribution in [3.63, 3.8) is 0 Å². The molecule has 1 fully saturated rings. The minimum atomic E-state index is -3.24. The van der Waals surface area contributed by atoms with Crippen molar-refractivity contribution in [2.45, 2.75) is 57.0 Å². The molecule has 5 rings (SSSR count). The first-order valence-electron chi connectivity index (χ1n) is 11.7. The van der Waals surface area contributed by atoms with Gasteiger partial charge in [0, 0.05) is 42.8 Å². The van der Waals surface area contributed by atoms with Crippen LogP contribution in [0, 0.1) is 12.8 Å². The third-order valence-electron chi connectivity index (χ3n) is 6.83. The van der Waals surface area contributed by atoms with Crippen LogP contribution >= 0.6 is 0 Å². The minimum Gasteiger partial charge on any atom is -0.488 e. The number of nitrogens with zero attached hydrogens (tertiary/aromatic N) is 4. The van der Waals surface area contributed by atoms with Crippen molar-refractivity contribution >= 4 is 15.9 Å². The lowest BCUT2D eigenvalue weighted by Crippen LogP contribution is -2.39. The molecule has 9 heteroatoms. The van der Waals surface area contributed by atoms with Gasteiger partial charge in [-0.3, -0.25) is 4.98 Å². The maximum Gasteiger partial charge on any atom is 0.324 e. The quantitative estimate of drug-likeness (QED) is 0.534. The summed E-state index contributed by atoms with van der Waals surface area (Å²) in [6, 6.07) is 7.89. The molecule has 180 valence electrons. The molecule has 2 aliphatic heterocycles. The lowest BCUT2D eigenvalue weighted by molar-refractivity contribution is 0.137. The number of hydrogen-bond acceptors (Lipinski definition) is 8. The van der Waals surface area contributed by atoms with Gasteiger partial charge in [0.05, 0.1) is 16.8 Å². The van der Waals surface area contributed by atoms with Gasteiger partial charge in [-0.05, 0) is 49.4 Å². The van der Waals surface area contributed by atoms with Crippen LogP contribution in [0.5, 0.6) is 5.75 Å². The smallest absolute Gasteiger partial charge is 0.324 e. The van der Waals surface area contributed by atoms with Gasteiger partial charge in [-0.15, -0.1) is 0 Å². The number of piperidine rings is 1. The average Bonchev–Trinajstić information content (AvgIpc) is 3.46. The molecule has 0 bridgehead atoms. The SMILES string of the molecule is Cc1cc(S(C)(=O)=O)ccc1-c1cc2c(cn1)OC(C1CCN(c3nc(C(C)C)no3)CC1)C2. The Hall–Kier alpha value is -2.94. The van der Waals surface area contributed by atoms with Gasteiger partial charge in [-0.1, -0.05) is 25.1 Å². The number of anilines is 1. The number of benzene rings is 1. The highest BCUT2D eigenvalue weighted by molar-refractivity contribution is 7.90. The van der Waals surface area contributed by atoms with Crippen molar-refractivity contribution in [1.82, 2.24) is 15.1 Å². The van der Waals surface area contributed by atoms with E-state index in [0.29, 0.717) is 16.8 Å². The Morgan fingerprint density at radius 2 is 1.91 bits per heavy atom. The summed E-state index contributed by atoms with van der Waals surface area (Å²) in [6.07, 6.45) is 6.03. The number of pyridine rings is 1. The number of aromatic nitrogens is 3. The third kappa shape index (κ3) is 4.41. The number of ether oxygens (including phenoxy) is 1. The highest BCUT2D eigenvalue weighted by Crippen LogP contribution is 2.37. The first-order chi connectivity index (χ1) is 16.2. The molecule has 4 heterocycles. The highest BCUT2D eigenvalue weighted by Gasteiger charge is 2.34. The Bertz CT molecular complexity index is 1310. The molecule has 0 radical (unpaired) electrons. The second-order valence-corrected chi connectivity index (χ2v) is 11.7. The molecule has 8 nitrogen and oxygen atoms in total. The molecule has 0 spiro atoms. The molecule has 1 atom stereocenters. The molecule has 1 saturated heterocycles. The second-order valence-electron chi connectivity index (χ2n) is 9.70. The van der Waals surface area contributed by atoms with Crippen molar-refractivity contribution in [1.29, 1.82) is 0 Å². The van der Waals surface area contributed by atoms with Crippen LogP contribution < -0.4 is 9.64 Å². The van der Waals surface area contributed by atoms with Gasteiger partial charge in [0.25, 0.3) is 0 Å². The maximum atomic E-state index is 11.9. The molecule has 3 aromatic rings. The van der Waals surface area contributed by atoms with E-state index in [1.165, 1.54) is 6.26 Å². The molecular formula is C25H30N4O4S. The predicted octanol–water partition coefficient (Wildman–Crippen LogP) is 4.19. The Labute approximate surface area is 200 Å². The van der Waals surface area contributed by atoms with Gasteiger partial charge in [0.2, 0.25) is 0 Å². The van der Waals surface area contributed by atoms with Gasteiger partial charge in [-0.25, -0.2) is 8.42 Å². The topological polar surface area (TPSA) is 98.4 Å². The van der Waals surface area contributed by atoms with E-state index in [1.54, 1.807) is 18.3 Å². The Kier molecular flexibility index (Phi) is 5.83. The molecule has 1 unspecified atom stereocenters. The van der Waals surface area contributed by atoms with E-state index in [2.05, 4.69) is 39.9 Å². The zero-order valence-corrected chi connectivity index (χ0v) is 20.8. The van der Waals surface area contributed by atoms with Crippen molar-refractivity contribution in [2.24, 2.45) is 5.92 Å². The summed E-state index contributed by atoms with van der Waals surface area (Å²) in [5.74, 6) is 2.30. The number of rotatable bonds is 5. The largest absolute Gasteiger partial charge is 0.488 e. The first kappa shape index (κ1) is 22.8. The molecule has 0 N–H and O–H groups in total. The second kappa shape index (κ2) is 8.69. The summed E-state index contributed by atoms with van der Waals surface area (Å²) in [6.45, 7) is 7.77. The lowest BCUT2D eigenvalue weighted by Gasteiger charge is -2.33. The molecule has 0 saturated carbocycles. The summed E-state index contributed by atoms with van der Waals surface area (Å²) < 4.78 is 35.5. The minimum absolute atomic E-state index is 0.136. The average molecular weight is 483 g/mol. The first-order valence-corrected chi connectivity index (χ1v) is 13.6. The molecule has 2 aliphatic rings. The molecule has 2 aromatic heterocycles. The van der Waals surface area contributed by atoms with Gasteiger partial charge >= 0.3 is 6.01 Å². The standard InChI is InChI=1S/C25H30N4O4S/c1-15(2)24-27-25(33-28-24)29-9-7-17(8-10-29)22-13-18-12-21(26-14-23(18)32-22)20-6-5-19(11-16(20)3)34(4,30)31/h5-6,11-12,14-15,17,22H,7-10,13H2,1-4H3. The summed E-state index contributed by atoms with van der Waals surface area (Å²) in [7, 11) is -3.24. The molecule has 34 heavy (non-hydrogen) atoms. The summed E-state index contributed by atoms with van der Waals surface area (Å²) >= 11 is 0. The third-order valence-corrected chi connectivity index (χ3v) is 7.94. The van der Waals surface area contributed by atoms with Crippen molar-refractivity contribution < 1.29 is 17.7 Å². The van der Waals surface area contributed by atoms with E-state index in [4.69, 9.17) is 9.26 Å². The Morgan fingerprint density at radius 3 is 2.56 bits per heavy atom. The van der Waals surface area contributed by atoms with Gasteiger partial charge in [0.1, 0.15) is 11.9 Å². The highest BCUT2D eigenvalue weighted by atomic mass is 32.2. The van der Waals surface area contributed by atoms with E-state index in [0.717, 1.165) is 66.3 Å². The van der Waals surface area contributed by atoms with Crippen molar-refractivity contribution in [2.75, 3.05) is 24.2 Å². The van der Waals surface area contributed by atoms with Crippen LogP contribution in [-0.4, -0.2) is 49.0 Å². The summed E-state index contributed by atoms with van der Waals surface area (Å²) in [5, 5.41) is 4.08. The predicted molar refractivity (Wildman–Crippen MR) is 129 cm³/mol. The van der Waals surface area contributed by atoms with Gasteiger partial charge in [-0.2, -0.15) is 4.98 Å². The van der Waals surface area contributed by atoms with Crippen LogP contribution in [0.25, 0.3) is 11.3 Å². The normalized spacial score (nSPS) is 18.9. The van der Waals surface area contributed by atoms with Crippen LogP contribution in [0.1, 0.15) is 49.6 Å². The van der Waals surface area contributed by atoms with Crippen LogP contribution in [-0.2, 0) is 16.3 Å². The molecular weight excluding hydrogens is 452 g/mol. The van der Waals surface area contributed by atoms with Crippen LogP contribution in [0.4, 0.5) is 6.01 Å². The van der Waals surface area contributed by atoms with E-state index >= 15 is 0 Å². The van der Waals surface area contributed by atoms with E-state index < -0.39 is 9.84 Å². The van der Waals surface area contributed by atoms with Gasteiger partial charge in [0.15, 0.2) is 15.7 Å². The molecule has 0 amide bonds. The van der Waals surface area contributed by atoms with E-state index in [9.17, 15) is 8.42 Å². The number of sulfone groups is 1. The van der Waals surface area contributed by atoms with Crippen molar-refractivity contribution in [3.05, 3.63) is 47.4 Å². The van der Waals surface area contributed by atoms with Gasteiger partial charge < -0.3 is 14.2 Å². The fourth-order valence-electron chi connectivity index (χ4n) is 4.79. The van der Waals surface area contributed by atoms with Crippen LogP contribution in [0.2, 0.25) is 0 Å². The van der Waals surface area contributed by atoms with Crippen LogP contribution in [0.15, 0.2) is 39.9 Å². The zero-order chi connectivity index (χ0) is 24.0. The lowest BCUT2D eigenvalue weighted by atomic mass is 9.89. The van der Waals surface area contributed by atoms with E-state index in [1.807, 2.05) is 13.0 Å². The number of hydrogen-bond donors (Lipinski definition) is 0. The summed E-state index contributed by atoms with van der Waals surface area (Å²) in [5.41, 5.74) is 3.82. The maximum absolute atomic E-state index is 11.9. The Morgan fingerprint density at radius 1 is 1.15 bits per heavy atom. The number of fused-ring (bicyclic) bond motifs is 1. The Balaban J connectivity index is 1.25. The monoisotopic (exact) mass is 482 g/mol. The fourth-order valence-corrected chi connectivity index (χ4v) is 5.49. The van der Waals surface area contributed by atoms with Crippen LogP contribution in [0.3, 0.4) is 0 Å². The zero-order valence-electron chi connectivity index (χ0n) is 20.0. The van der Waals surface area contributed by atoms with Crippen molar-refractivity contribution in [3.8, 4) is 17.0 Å². The number of aryl methyl sites for hydroxylation is 1. The summed E-state index contributed by atoms with van der Waals surface area (Å²) in [4.78, 5) is 11.6. The fraction of sp³-hybridized carbons (Fsp3) is 0.480. The van der Waals surface area contributed by atoms with E-state index in [-0.39, 0.29) is 12.0 Å². The molecule has 0 aliphatic carbocycles.